The minimum atomic E-state index is -0.775. The number of carbonyl (C=O) groups is 1. The van der Waals surface area contributed by atoms with Crippen molar-refractivity contribution in [3.8, 4) is 0 Å². The number of likely N-dealkylation sites (tertiary alicyclic amines) is 1. The number of aliphatic hydroxyl groups is 1. The van der Waals surface area contributed by atoms with Crippen molar-refractivity contribution in [2.45, 2.75) is 69.0 Å². The zero-order valence-corrected chi connectivity index (χ0v) is 14.4. The van der Waals surface area contributed by atoms with Crippen LogP contribution in [0.25, 0.3) is 0 Å². The summed E-state index contributed by atoms with van der Waals surface area (Å²) in [6, 6.07) is 0. The van der Waals surface area contributed by atoms with Crippen LogP contribution in [0.15, 0.2) is 0 Å². The van der Waals surface area contributed by atoms with E-state index in [1.807, 2.05) is 4.90 Å². The van der Waals surface area contributed by atoms with Gasteiger partial charge in [-0.05, 0) is 25.7 Å². The third kappa shape index (κ3) is 3.89. The number of hydrogen-bond donors (Lipinski definition) is 1. The van der Waals surface area contributed by atoms with Crippen molar-refractivity contribution >= 4 is 5.91 Å². The van der Waals surface area contributed by atoms with Gasteiger partial charge >= 0.3 is 0 Å². The summed E-state index contributed by atoms with van der Waals surface area (Å²) in [4.78, 5) is 14.7. The van der Waals surface area contributed by atoms with E-state index in [2.05, 4.69) is 0 Å². The number of piperidine rings is 1. The highest BCUT2D eigenvalue weighted by molar-refractivity contribution is 5.79. The maximum atomic E-state index is 12.7. The summed E-state index contributed by atoms with van der Waals surface area (Å²) in [6.07, 6.45) is 8.71. The van der Waals surface area contributed by atoms with E-state index in [1.165, 1.54) is 19.3 Å². The Bertz CT molecular complexity index is 409. The van der Waals surface area contributed by atoms with Gasteiger partial charge in [-0.15, -0.1) is 0 Å². The fourth-order valence-electron chi connectivity index (χ4n) is 4.65. The molecule has 5 heteroatoms. The first-order valence-electron chi connectivity index (χ1n) is 9.20. The van der Waals surface area contributed by atoms with Crippen LogP contribution in [-0.4, -0.2) is 60.5 Å². The Balaban J connectivity index is 1.56. The zero-order chi connectivity index (χ0) is 16.3. The van der Waals surface area contributed by atoms with Crippen molar-refractivity contribution in [1.82, 2.24) is 4.90 Å². The molecule has 1 spiro atoms. The normalized spacial score (nSPS) is 32.2. The smallest absolute Gasteiger partial charge is 0.225 e. The van der Waals surface area contributed by atoms with Crippen molar-refractivity contribution in [2.24, 2.45) is 5.92 Å². The monoisotopic (exact) mass is 325 g/mol. The van der Waals surface area contributed by atoms with E-state index >= 15 is 0 Å². The molecule has 1 aliphatic carbocycles. The van der Waals surface area contributed by atoms with E-state index in [-0.39, 0.29) is 11.5 Å². The first-order chi connectivity index (χ1) is 11.1. The van der Waals surface area contributed by atoms with Gasteiger partial charge in [0.1, 0.15) is 0 Å². The molecule has 2 saturated heterocycles. The Morgan fingerprint density at radius 3 is 2.57 bits per heavy atom. The van der Waals surface area contributed by atoms with Crippen LogP contribution >= 0.6 is 0 Å². The Morgan fingerprint density at radius 2 is 1.91 bits per heavy atom. The summed E-state index contributed by atoms with van der Waals surface area (Å²) in [5, 5.41) is 10.7. The molecule has 1 saturated carbocycles. The Hall–Kier alpha value is -0.650. The lowest BCUT2D eigenvalue weighted by Gasteiger charge is -2.49. The molecule has 132 valence electrons. The van der Waals surface area contributed by atoms with E-state index in [4.69, 9.17) is 9.47 Å². The summed E-state index contributed by atoms with van der Waals surface area (Å²) in [5.41, 5.74) is -1.04. The molecule has 2 heterocycles. The highest BCUT2D eigenvalue weighted by atomic mass is 16.5. The molecular weight excluding hydrogens is 294 g/mol. The predicted molar refractivity (Wildman–Crippen MR) is 87.1 cm³/mol. The number of amides is 1. The zero-order valence-electron chi connectivity index (χ0n) is 14.4. The minimum absolute atomic E-state index is 0.246. The summed E-state index contributed by atoms with van der Waals surface area (Å²) >= 11 is 0. The molecule has 1 atom stereocenters. The van der Waals surface area contributed by atoms with Gasteiger partial charge in [0, 0.05) is 39.0 Å². The molecule has 3 aliphatic rings. The van der Waals surface area contributed by atoms with Gasteiger partial charge in [-0.3, -0.25) is 4.79 Å². The van der Waals surface area contributed by atoms with Crippen LogP contribution in [0.1, 0.15) is 57.8 Å². The molecular formula is C18H31NO4. The molecule has 0 unspecified atom stereocenters. The van der Waals surface area contributed by atoms with E-state index in [0.717, 1.165) is 38.8 Å². The van der Waals surface area contributed by atoms with E-state index in [0.29, 0.717) is 32.0 Å². The number of ether oxygens (including phenoxy) is 2. The molecule has 0 aromatic heterocycles. The van der Waals surface area contributed by atoms with Crippen LogP contribution in [0, 0.1) is 5.92 Å². The van der Waals surface area contributed by atoms with Crippen LogP contribution in [0.4, 0.5) is 0 Å². The number of carbonyl (C=O) groups excluding carboxylic acids is 1. The van der Waals surface area contributed by atoms with E-state index in [1.54, 1.807) is 7.11 Å². The molecule has 3 rings (SSSR count). The average Bonchev–Trinajstić information content (AvgIpc) is 2.56. The number of methoxy groups -OCH3 is 1. The summed E-state index contributed by atoms with van der Waals surface area (Å²) in [6.45, 7) is 2.47. The van der Waals surface area contributed by atoms with Gasteiger partial charge < -0.3 is 19.5 Å². The molecule has 0 aromatic rings. The van der Waals surface area contributed by atoms with Gasteiger partial charge in [-0.2, -0.15) is 0 Å². The lowest BCUT2D eigenvalue weighted by atomic mass is 9.77. The lowest BCUT2D eigenvalue weighted by Crippen LogP contribution is -2.56. The standard InChI is InChI=1S/C18H31NO4/c1-22-14-17(21)9-12-23-18(13-17)7-10-19(11-8-18)16(20)15-5-3-2-4-6-15/h15,21H,2-14H2,1H3/t17-/m0/s1. The molecule has 0 bridgehead atoms. The minimum Gasteiger partial charge on any atom is -0.387 e. The summed E-state index contributed by atoms with van der Waals surface area (Å²) < 4.78 is 11.3. The first kappa shape index (κ1) is 17.2. The third-order valence-corrected chi connectivity index (χ3v) is 5.98. The second kappa shape index (κ2) is 7.08. The van der Waals surface area contributed by atoms with Crippen molar-refractivity contribution in [2.75, 3.05) is 33.4 Å². The molecule has 3 fully saturated rings. The quantitative estimate of drug-likeness (QED) is 0.863. The topological polar surface area (TPSA) is 59.0 Å². The third-order valence-electron chi connectivity index (χ3n) is 5.98. The van der Waals surface area contributed by atoms with Crippen molar-refractivity contribution < 1.29 is 19.4 Å². The molecule has 1 amide bonds. The van der Waals surface area contributed by atoms with Crippen LogP contribution in [0.3, 0.4) is 0 Å². The average molecular weight is 325 g/mol. The number of hydrogen-bond acceptors (Lipinski definition) is 4. The van der Waals surface area contributed by atoms with E-state index in [9.17, 15) is 9.90 Å². The van der Waals surface area contributed by atoms with Crippen LogP contribution in [0.2, 0.25) is 0 Å². The van der Waals surface area contributed by atoms with Crippen molar-refractivity contribution in [3.05, 3.63) is 0 Å². The molecule has 0 aromatic carbocycles. The second-order valence-corrected chi connectivity index (χ2v) is 7.78. The van der Waals surface area contributed by atoms with Gasteiger partial charge in [0.05, 0.1) is 24.4 Å². The highest BCUT2D eigenvalue weighted by Gasteiger charge is 2.47. The van der Waals surface area contributed by atoms with Crippen LogP contribution < -0.4 is 0 Å². The largest absolute Gasteiger partial charge is 0.387 e. The Morgan fingerprint density at radius 1 is 1.22 bits per heavy atom. The maximum Gasteiger partial charge on any atom is 0.225 e. The van der Waals surface area contributed by atoms with Gasteiger partial charge in [0.2, 0.25) is 5.91 Å². The van der Waals surface area contributed by atoms with Gasteiger partial charge in [-0.1, -0.05) is 19.3 Å². The first-order valence-corrected chi connectivity index (χ1v) is 9.20. The SMILES string of the molecule is COC[C@]1(O)CCOC2(CCN(C(=O)C3CCCCC3)CC2)C1. The predicted octanol–water partition coefficient (Wildman–Crippen LogP) is 2.12. The van der Waals surface area contributed by atoms with Gasteiger partial charge in [-0.25, -0.2) is 0 Å². The summed E-state index contributed by atoms with van der Waals surface area (Å²) in [5.74, 6) is 0.595. The molecule has 2 aliphatic heterocycles. The fraction of sp³-hybridized carbons (Fsp3) is 0.944. The van der Waals surface area contributed by atoms with Crippen LogP contribution in [0.5, 0.6) is 0 Å². The van der Waals surface area contributed by atoms with Gasteiger partial charge in [0.25, 0.3) is 0 Å². The second-order valence-electron chi connectivity index (χ2n) is 7.78. The van der Waals surface area contributed by atoms with Crippen molar-refractivity contribution in [3.63, 3.8) is 0 Å². The highest BCUT2D eigenvalue weighted by Crippen LogP contribution is 2.40. The molecule has 1 N–H and O–H groups in total. The molecule has 23 heavy (non-hydrogen) atoms. The fourth-order valence-corrected chi connectivity index (χ4v) is 4.65. The lowest BCUT2D eigenvalue weighted by molar-refractivity contribution is -0.193. The molecule has 5 nitrogen and oxygen atoms in total. The van der Waals surface area contributed by atoms with Crippen molar-refractivity contribution in [1.29, 1.82) is 0 Å². The summed E-state index contributed by atoms with van der Waals surface area (Å²) in [7, 11) is 1.63. The van der Waals surface area contributed by atoms with Gasteiger partial charge in [0.15, 0.2) is 0 Å². The Labute approximate surface area is 139 Å². The number of rotatable bonds is 3. The number of nitrogens with zero attached hydrogens (tertiary/aromatic N) is 1. The van der Waals surface area contributed by atoms with E-state index < -0.39 is 5.60 Å². The molecule has 0 radical (unpaired) electrons. The Kier molecular flexibility index (Phi) is 5.29. The van der Waals surface area contributed by atoms with Crippen LogP contribution in [-0.2, 0) is 14.3 Å². The maximum absolute atomic E-state index is 12.7.